The van der Waals surface area contributed by atoms with Crippen LogP contribution in [-0.4, -0.2) is 29.7 Å². The minimum atomic E-state index is -0.390. The summed E-state index contributed by atoms with van der Waals surface area (Å²) >= 11 is 2.67. The highest BCUT2D eigenvalue weighted by Gasteiger charge is 2.10. The summed E-state index contributed by atoms with van der Waals surface area (Å²) in [6.07, 6.45) is 1.72. The van der Waals surface area contributed by atoms with Gasteiger partial charge >= 0.3 is 11.9 Å². The molecule has 1 aromatic carbocycles. The Balaban J connectivity index is 1.55. The number of hydrogen-bond donors (Lipinski definition) is 1. The SMILES string of the molecule is CCOC(=O)Cc1csc(NN=Cc2cccc(OC(=O)c3cccs3)c2)n1. The maximum atomic E-state index is 12.0. The molecule has 2 heterocycles. The van der Waals surface area contributed by atoms with E-state index < -0.39 is 0 Å². The number of nitrogens with one attached hydrogen (secondary N) is 1. The van der Waals surface area contributed by atoms with Gasteiger partial charge in [0.05, 0.1) is 24.9 Å². The molecule has 0 unspecified atom stereocenters. The van der Waals surface area contributed by atoms with Crippen LogP contribution in [0, 0.1) is 0 Å². The number of anilines is 1. The molecule has 0 saturated carbocycles. The molecule has 0 amide bonds. The molecular weight excluding hydrogens is 398 g/mol. The zero-order valence-corrected chi connectivity index (χ0v) is 16.6. The van der Waals surface area contributed by atoms with E-state index in [2.05, 4.69) is 15.5 Å². The van der Waals surface area contributed by atoms with E-state index in [9.17, 15) is 9.59 Å². The van der Waals surface area contributed by atoms with Crippen LogP contribution in [0.2, 0.25) is 0 Å². The van der Waals surface area contributed by atoms with Gasteiger partial charge in [0.15, 0.2) is 0 Å². The Bertz CT molecular complexity index is 967. The Morgan fingerprint density at radius 2 is 2.14 bits per heavy atom. The van der Waals surface area contributed by atoms with Crippen molar-refractivity contribution in [3.05, 3.63) is 63.3 Å². The summed E-state index contributed by atoms with van der Waals surface area (Å²) in [7, 11) is 0. The van der Waals surface area contributed by atoms with Gasteiger partial charge in [-0.1, -0.05) is 18.2 Å². The predicted molar refractivity (Wildman–Crippen MR) is 109 cm³/mol. The third-order valence-electron chi connectivity index (χ3n) is 3.35. The second kappa shape index (κ2) is 9.77. The first-order valence-corrected chi connectivity index (χ1v) is 10.1. The van der Waals surface area contributed by atoms with Gasteiger partial charge in [-0.05, 0) is 36.1 Å². The van der Waals surface area contributed by atoms with Crippen molar-refractivity contribution in [3.8, 4) is 5.75 Å². The van der Waals surface area contributed by atoms with Crippen LogP contribution in [0.1, 0.15) is 27.9 Å². The monoisotopic (exact) mass is 415 g/mol. The van der Waals surface area contributed by atoms with Gasteiger partial charge in [0.25, 0.3) is 0 Å². The van der Waals surface area contributed by atoms with Crippen LogP contribution < -0.4 is 10.2 Å². The zero-order chi connectivity index (χ0) is 19.8. The van der Waals surface area contributed by atoms with E-state index in [1.807, 2.05) is 11.4 Å². The number of thiophene rings is 1. The van der Waals surface area contributed by atoms with Crippen LogP contribution in [0.3, 0.4) is 0 Å². The lowest BCUT2D eigenvalue weighted by molar-refractivity contribution is -0.142. The molecule has 0 aliphatic heterocycles. The van der Waals surface area contributed by atoms with Crippen molar-refractivity contribution >= 4 is 46.0 Å². The molecule has 0 radical (unpaired) electrons. The van der Waals surface area contributed by atoms with Crippen molar-refractivity contribution < 1.29 is 19.1 Å². The van der Waals surface area contributed by atoms with Crippen molar-refractivity contribution in [2.24, 2.45) is 5.10 Å². The van der Waals surface area contributed by atoms with Gasteiger partial charge in [-0.2, -0.15) is 5.10 Å². The molecule has 0 fully saturated rings. The van der Waals surface area contributed by atoms with Crippen LogP contribution in [0.5, 0.6) is 5.75 Å². The lowest BCUT2D eigenvalue weighted by Crippen LogP contribution is -2.07. The Morgan fingerprint density at radius 1 is 1.25 bits per heavy atom. The molecule has 0 aliphatic carbocycles. The smallest absolute Gasteiger partial charge is 0.353 e. The van der Waals surface area contributed by atoms with Crippen molar-refractivity contribution in [2.75, 3.05) is 12.0 Å². The quantitative estimate of drug-likeness (QED) is 0.259. The van der Waals surface area contributed by atoms with E-state index in [0.717, 1.165) is 5.56 Å². The number of benzene rings is 1. The number of aromatic nitrogens is 1. The van der Waals surface area contributed by atoms with E-state index in [0.29, 0.717) is 28.1 Å². The molecule has 1 N–H and O–H groups in total. The summed E-state index contributed by atoms with van der Waals surface area (Å²) < 4.78 is 10.3. The molecular formula is C19H17N3O4S2. The summed E-state index contributed by atoms with van der Waals surface area (Å²) in [6, 6.07) is 10.5. The number of nitrogens with zero attached hydrogens (tertiary/aromatic N) is 2. The maximum Gasteiger partial charge on any atom is 0.353 e. The van der Waals surface area contributed by atoms with Gasteiger partial charge in [0.2, 0.25) is 5.13 Å². The second-order valence-electron chi connectivity index (χ2n) is 5.44. The molecule has 0 saturated heterocycles. The van der Waals surface area contributed by atoms with Crippen molar-refractivity contribution in [1.82, 2.24) is 4.98 Å². The van der Waals surface area contributed by atoms with Crippen LogP contribution in [0.25, 0.3) is 0 Å². The van der Waals surface area contributed by atoms with Crippen molar-refractivity contribution in [3.63, 3.8) is 0 Å². The van der Waals surface area contributed by atoms with Crippen LogP contribution >= 0.6 is 22.7 Å². The largest absolute Gasteiger partial charge is 0.466 e. The normalized spacial score (nSPS) is 10.8. The van der Waals surface area contributed by atoms with Gasteiger partial charge in [0.1, 0.15) is 10.6 Å². The first-order valence-electron chi connectivity index (χ1n) is 8.39. The molecule has 0 atom stereocenters. The fraction of sp³-hybridized carbons (Fsp3) is 0.158. The van der Waals surface area contributed by atoms with E-state index in [1.165, 1.54) is 22.7 Å². The molecule has 144 valence electrons. The first-order chi connectivity index (χ1) is 13.6. The van der Waals surface area contributed by atoms with Gasteiger partial charge in [-0.25, -0.2) is 9.78 Å². The average Bonchev–Trinajstić information content (AvgIpc) is 3.34. The fourth-order valence-electron chi connectivity index (χ4n) is 2.17. The molecule has 0 aliphatic rings. The van der Waals surface area contributed by atoms with E-state index in [1.54, 1.807) is 48.9 Å². The third-order valence-corrected chi connectivity index (χ3v) is 4.99. The van der Waals surface area contributed by atoms with Gasteiger partial charge < -0.3 is 9.47 Å². The molecule has 7 nitrogen and oxygen atoms in total. The van der Waals surface area contributed by atoms with Gasteiger partial charge in [-0.15, -0.1) is 22.7 Å². The molecule has 0 bridgehead atoms. The average molecular weight is 415 g/mol. The van der Waals surface area contributed by atoms with Crippen LogP contribution in [0.4, 0.5) is 5.13 Å². The van der Waals surface area contributed by atoms with Crippen molar-refractivity contribution in [2.45, 2.75) is 13.3 Å². The summed E-state index contributed by atoms with van der Waals surface area (Å²) in [5.41, 5.74) is 4.21. The number of thiazole rings is 1. The van der Waals surface area contributed by atoms with Crippen LogP contribution in [-0.2, 0) is 16.0 Å². The Kier molecular flexibility index (Phi) is 6.88. The topological polar surface area (TPSA) is 89.9 Å². The Hall–Kier alpha value is -3.04. The maximum absolute atomic E-state index is 12.0. The lowest BCUT2D eigenvalue weighted by Gasteiger charge is -2.03. The van der Waals surface area contributed by atoms with Crippen LogP contribution in [0.15, 0.2) is 52.3 Å². The molecule has 2 aromatic heterocycles. The summed E-state index contributed by atoms with van der Waals surface area (Å²) in [4.78, 5) is 28.3. The molecule has 3 rings (SSSR count). The first kappa shape index (κ1) is 19.7. The van der Waals surface area contributed by atoms with Gasteiger partial charge in [0, 0.05) is 5.38 Å². The molecule has 3 aromatic rings. The van der Waals surface area contributed by atoms with E-state index >= 15 is 0 Å². The number of carbonyl (C=O) groups excluding carboxylic acids is 2. The number of hydrogen-bond acceptors (Lipinski definition) is 9. The van der Waals surface area contributed by atoms with Crippen molar-refractivity contribution in [1.29, 1.82) is 0 Å². The summed E-state index contributed by atoms with van der Waals surface area (Å²) in [5, 5.41) is 8.29. The molecule has 28 heavy (non-hydrogen) atoms. The summed E-state index contributed by atoms with van der Waals surface area (Å²) in [6.45, 7) is 2.11. The molecule has 0 spiro atoms. The minimum absolute atomic E-state index is 0.132. The molecule has 9 heteroatoms. The summed E-state index contributed by atoms with van der Waals surface area (Å²) in [5.74, 6) is -0.260. The number of esters is 2. The van der Waals surface area contributed by atoms with E-state index in [-0.39, 0.29) is 18.4 Å². The number of carbonyl (C=O) groups is 2. The highest BCUT2D eigenvalue weighted by atomic mass is 32.1. The fourth-order valence-corrected chi connectivity index (χ4v) is 3.43. The van der Waals surface area contributed by atoms with E-state index in [4.69, 9.17) is 9.47 Å². The highest BCUT2D eigenvalue weighted by molar-refractivity contribution is 7.13. The Morgan fingerprint density at radius 3 is 2.93 bits per heavy atom. The minimum Gasteiger partial charge on any atom is -0.466 e. The zero-order valence-electron chi connectivity index (χ0n) is 15.0. The number of hydrazone groups is 1. The third kappa shape index (κ3) is 5.73. The predicted octanol–water partition coefficient (Wildman–Crippen LogP) is 3.98. The standard InChI is InChI=1S/C19H17N3O4S2/c1-2-25-17(23)10-14-12-28-19(21-14)22-20-11-13-5-3-6-15(9-13)26-18(24)16-7-4-8-27-16/h3-9,11-12H,2,10H2,1H3,(H,21,22). The second-order valence-corrected chi connectivity index (χ2v) is 7.24. The highest BCUT2D eigenvalue weighted by Crippen LogP contribution is 2.18. The lowest BCUT2D eigenvalue weighted by atomic mass is 10.2. The Labute approximate surface area is 169 Å². The van der Waals surface area contributed by atoms with Gasteiger partial charge in [-0.3, -0.25) is 10.2 Å². The number of ether oxygens (including phenoxy) is 2. The number of rotatable bonds is 8.